The molecular weight excluding hydrogens is 374 g/mol. The number of fused-ring (bicyclic) bond motifs is 1. The van der Waals surface area contributed by atoms with E-state index in [0.29, 0.717) is 33.1 Å². The molecule has 0 N–H and O–H groups in total. The number of rotatable bonds is 3. The lowest BCUT2D eigenvalue weighted by molar-refractivity contribution is 0.407. The molecular formula is C19H15ClF2N4O. The van der Waals surface area contributed by atoms with Gasteiger partial charge in [0.2, 0.25) is 0 Å². The van der Waals surface area contributed by atoms with Crippen molar-refractivity contribution in [2.75, 3.05) is 7.11 Å². The van der Waals surface area contributed by atoms with Gasteiger partial charge in [0.15, 0.2) is 0 Å². The van der Waals surface area contributed by atoms with Gasteiger partial charge in [-0.1, -0.05) is 17.7 Å². The predicted molar refractivity (Wildman–Crippen MR) is 99.5 cm³/mol. The number of halogens is 3. The van der Waals surface area contributed by atoms with Crippen LogP contribution >= 0.6 is 11.6 Å². The molecule has 0 saturated carbocycles. The first-order valence-corrected chi connectivity index (χ1v) is 8.49. The van der Waals surface area contributed by atoms with Gasteiger partial charge in [-0.15, -0.1) is 0 Å². The van der Waals surface area contributed by atoms with Crippen LogP contribution in [0.15, 0.2) is 36.7 Å². The Morgan fingerprint density at radius 2 is 1.81 bits per heavy atom. The second-order valence-corrected chi connectivity index (χ2v) is 6.50. The SMILES string of the molecule is COc1cc(F)c(-c2c(C)nn(C)c2-n2cnc3cccc(Cl)c32)c(F)c1. The van der Waals surface area contributed by atoms with Crippen LogP contribution < -0.4 is 4.74 Å². The smallest absolute Gasteiger partial charge is 0.144 e. The van der Waals surface area contributed by atoms with Crippen molar-refractivity contribution in [3.63, 3.8) is 0 Å². The fourth-order valence-electron chi connectivity index (χ4n) is 3.31. The van der Waals surface area contributed by atoms with Gasteiger partial charge in [-0.25, -0.2) is 13.8 Å². The van der Waals surface area contributed by atoms with E-state index in [0.717, 1.165) is 12.1 Å². The third-order valence-corrected chi connectivity index (χ3v) is 4.75. The molecule has 0 spiro atoms. The van der Waals surface area contributed by atoms with Gasteiger partial charge in [0.25, 0.3) is 0 Å². The number of aromatic nitrogens is 4. The number of methoxy groups -OCH3 is 1. The molecule has 0 amide bonds. The summed E-state index contributed by atoms with van der Waals surface area (Å²) >= 11 is 6.36. The van der Waals surface area contributed by atoms with Gasteiger partial charge < -0.3 is 4.74 Å². The number of para-hydroxylation sites is 1. The summed E-state index contributed by atoms with van der Waals surface area (Å²) in [6, 6.07) is 7.64. The van der Waals surface area contributed by atoms with Crippen LogP contribution in [-0.4, -0.2) is 26.4 Å². The molecule has 5 nitrogen and oxygen atoms in total. The maximum Gasteiger partial charge on any atom is 0.144 e. The van der Waals surface area contributed by atoms with Crippen LogP contribution in [0.1, 0.15) is 5.69 Å². The van der Waals surface area contributed by atoms with Gasteiger partial charge in [-0.2, -0.15) is 5.10 Å². The topological polar surface area (TPSA) is 44.9 Å². The molecule has 138 valence electrons. The van der Waals surface area contributed by atoms with Crippen LogP contribution in [0.4, 0.5) is 8.78 Å². The van der Waals surface area contributed by atoms with Crippen LogP contribution in [0.2, 0.25) is 5.02 Å². The minimum atomic E-state index is -0.736. The maximum absolute atomic E-state index is 14.8. The number of hydrogen-bond donors (Lipinski definition) is 0. The molecule has 0 bridgehead atoms. The lowest BCUT2D eigenvalue weighted by Gasteiger charge is -2.12. The third-order valence-electron chi connectivity index (χ3n) is 4.44. The Morgan fingerprint density at radius 1 is 1.11 bits per heavy atom. The molecule has 0 aliphatic heterocycles. The quantitative estimate of drug-likeness (QED) is 0.512. The van der Waals surface area contributed by atoms with Crippen molar-refractivity contribution in [2.24, 2.45) is 7.05 Å². The van der Waals surface area contributed by atoms with Gasteiger partial charge >= 0.3 is 0 Å². The van der Waals surface area contributed by atoms with E-state index in [2.05, 4.69) is 10.1 Å². The molecule has 0 atom stereocenters. The largest absolute Gasteiger partial charge is 0.497 e. The lowest BCUT2D eigenvalue weighted by Crippen LogP contribution is -2.04. The van der Waals surface area contributed by atoms with Crippen LogP contribution in [-0.2, 0) is 7.05 Å². The van der Waals surface area contributed by atoms with Crippen molar-refractivity contribution in [1.29, 1.82) is 0 Å². The molecule has 4 rings (SSSR count). The number of ether oxygens (including phenoxy) is 1. The summed E-state index contributed by atoms with van der Waals surface area (Å²) in [5.41, 5.74) is 1.93. The summed E-state index contributed by atoms with van der Waals surface area (Å²) in [6.45, 7) is 1.70. The van der Waals surface area contributed by atoms with Crippen molar-refractivity contribution in [3.8, 4) is 22.7 Å². The Labute approximate surface area is 158 Å². The zero-order valence-corrected chi connectivity index (χ0v) is 15.6. The Kier molecular flexibility index (Phi) is 4.11. The van der Waals surface area contributed by atoms with E-state index in [-0.39, 0.29) is 11.3 Å². The van der Waals surface area contributed by atoms with Gasteiger partial charge in [0, 0.05) is 19.2 Å². The maximum atomic E-state index is 14.8. The summed E-state index contributed by atoms with van der Waals surface area (Å²) in [7, 11) is 3.06. The highest BCUT2D eigenvalue weighted by molar-refractivity contribution is 6.35. The Morgan fingerprint density at radius 3 is 2.48 bits per heavy atom. The van der Waals surface area contributed by atoms with Gasteiger partial charge in [-0.3, -0.25) is 9.25 Å². The molecule has 0 fully saturated rings. The van der Waals surface area contributed by atoms with E-state index in [9.17, 15) is 8.78 Å². The molecule has 27 heavy (non-hydrogen) atoms. The Bertz CT molecular complexity index is 1160. The first-order chi connectivity index (χ1) is 12.9. The second-order valence-electron chi connectivity index (χ2n) is 6.10. The van der Waals surface area contributed by atoms with E-state index >= 15 is 0 Å². The van der Waals surface area contributed by atoms with E-state index in [1.165, 1.54) is 7.11 Å². The van der Waals surface area contributed by atoms with E-state index in [4.69, 9.17) is 16.3 Å². The lowest BCUT2D eigenvalue weighted by atomic mass is 10.0. The highest BCUT2D eigenvalue weighted by Crippen LogP contribution is 2.37. The number of imidazole rings is 1. The third kappa shape index (κ3) is 2.66. The average Bonchev–Trinajstić information content (AvgIpc) is 3.16. The van der Waals surface area contributed by atoms with Crippen LogP contribution in [0.3, 0.4) is 0 Å². The fourth-order valence-corrected chi connectivity index (χ4v) is 3.57. The Balaban J connectivity index is 2.06. The molecule has 0 aliphatic carbocycles. The van der Waals surface area contributed by atoms with E-state index in [1.807, 2.05) is 6.07 Å². The molecule has 0 saturated heterocycles. The normalized spacial score (nSPS) is 11.3. The summed E-state index contributed by atoms with van der Waals surface area (Å²) in [4.78, 5) is 4.34. The summed E-state index contributed by atoms with van der Waals surface area (Å²) in [6.07, 6.45) is 1.57. The zero-order valence-electron chi connectivity index (χ0n) is 14.8. The Hall–Kier alpha value is -2.93. The molecule has 2 heterocycles. The highest BCUT2D eigenvalue weighted by Gasteiger charge is 2.25. The van der Waals surface area contributed by atoms with Gasteiger partial charge in [0.05, 0.1) is 40.0 Å². The molecule has 0 unspecified atom stereocenters. The summed E-state index contributed by atoms with van der Waals surface area (Å²) in [5, 5.41) is 4.84. The number of nitrogens with zero attached hydrogens (tertiary/aromatic N) is 4. The molecule has 0 aliphatic rings. The van der Waals surface area contributed by atoms with Crippen molar-refractivity contribution in [1.82, 2.24) is 19.3 Å². The highest BCUT2D eigenvalue weighted by atomic mass is 35.5. The molecule has 2 aromatic heterocycles. The van der Waals surface area contributed by atoms with Crippen molar-refractivity contribution >= 4 is 22.6 Å². The van der Waals surface area contributed by atoms with E-state index in [1.54, 1.807) is 41.7 Å². The van der Waals surface area contributed by atoms with Crippen LogP contribution in [0, 0.1) is 18.6 Å². The van der Waals surface area contributed by atoms with Crippen LogP contribution in [0.5, 0.6) is 5.75 Å². The number of aryl methyl sites for hydroxylation is 2. The average molecular weight is 389 g/mol. The minimum Gasteiger partial charge on any atom is -0.497 e. The van der Waals surface area contributed by atoms with E-state index < -0.39 is 11.6 Å². The van der Waals surface area contributed by atoms with Gasteiger partial charge in [-0.05, 0) is 19.1 Å². The summed E-state index contributed by atoms with van der Waals surface area (Å²) < 4.78 is 37.7. The number of hydrogen-bond acceptors (Lipinski definition) is 3. The zero-order chi connectivity index (χ0) is 19.3. The van der Waals surface area contributed by atoms with Gasteiger partial charge in [0.1, 0.15) is 29.5 Å². The van der Waals surface area contributed by atoms with Crippen molar-refractivity contribution in [2.45, 2.75) is 6.92 Å². The molecule has 8 heteroatoms. The summed E-state index contributed by atoms with van der Waals surface area (Å²) in [5.74, 6) is -0.904. The van der Waals surface area contributed by atoms with Crippen LogP contribution in [0.25, 0.3) is 28.0 Å². The first kappa shape index (κ1) is 17.5. The number of benzene rings is 2. The first-order valence-electron chi connectivity index (χ1n) is 8.11. The molecule has 0 radical (unpaired) electrons. The second kappa shape index (κ2) is 6.35. The minimum absolute atomic E-state index is 0.105. The van der Waals surface area contributed by atoms with Crippen molar-refractivity contribution < 1.29 is 13.5 Å². The predicted octanol–water partition coefficient (Wildman–Crippen LogP) is 4.67. The monoisotopic (exact) mass is 388 g/mol. The molecule has 4 aromatic rings. The van der Waals surface area contributed by atoms with Crippen molar-refractivity contribution in [3.05, 3.63) is 59.0 Å². The standard InChI is InChI=1S/C19H15ClF2N4O/c1-10-16(17-13(21)7-11(27-3)8-14(17)22)19(25(2)24-10)26-9-23-15-6-4-5-12(20)18(15)26/h4-9H,1-3H3. The molecule has 2 aromatic carbocycles. The fraction of sp³-hybridized carbons (Fsp3) is 0.158.